The normalized spacial score (nSPS) is 39.2. The van der Waals surface area contributed by atoms with Gasteiger partial charge in [-0.2, -0.15) is 0 Å². The van der Waals surface area contributed by atoms with E-state index in [9.17, 15) is 9.59 Å². The Balaban J connectivity index is 2.21. The third-order valence-electron chi connectivity index (χ3n) is 2.32. The highest BCUT2D eigenvalue weighted by Gasteiger charge is 2.53. The lowest BCUT2D eigenvalue weighted by Gasteiger charge is -2.35. The number of hydrogen-bond acceptors (Lipinski definition) is 3. The summed E-state index contributed by atoms with van der Waals surface area (Å²) in [6.07, 6.45) is 0.513. The molecule has 12 heavy (non-hydrogen) atoms. The Morgan fingerprint density at radius 1 is 1.75 bits per heavy atom. The number of carboxylic acids is 1. The van der Waals surface area contributed by atoms with E-state index in [1.54, 1.807) is 11.8 Å². The van der Waals surface area contributed by atoms with Crippen LogP contribution in [-0.2, 0) is 9.59 Å². The minimum atomic E-state index is -0.884. The lowest BCUT2D eigenvalue weighted by Crippen LogP contribution is -2.55. The number of aliphatic carboxylic acids is 1. The zero-order valence-corrected chi connectivity index (χ0v) is 7.37. The molecular formula is C7H9NO3S. The molecule has 2 fully saturated rings. The van der Waals surface area contributed by atoms with Gasteiger partial charge in [0, 0.05) is 5.25 Å². The van der Waals surface area contributed by atoms with E-state index in [0.717, 1.165) is 0 Å². The molecule has 0 aliphatic carbocycles. The second-order valence-corrected chi connectivity index (χ2v) is 4.64. The van der Waals surface area contributed by atoms with Gasteiger partial charge in [-0.15, -0.1) is 11.8 Å². The Kier molecular flexibility index (Phi) is 1.57. The first-order chi connectivity index (χ1) is 5.61. The van der Waals surface area contributed by atoms with Crippen molar-refractivity contribution in [2.45, 2.75) is 30.0 Å². The summed E-state index contributed by atoms with van der Waals surface area (Å²) in [5.41, 5.74) is 0. The highest BCUT2D eigenvalue weighted by molar-refractivity contribution is 8.00. The molecule has 3 atom stereocenters. The number of rotatable bonds is 1. The van der Waals surface area contributed by atoms with Gasteiger partial charge in [0.25, 0.3) is 0 Å². The van der Waals surface area contributed by atoms with E-state index < -0.39 is 12.0 Å². The van der Waals surface area contributed by atoms with Crippen LogP contribution in [0.2, 0.25) is 0 Å². The van der Waals surface area contributed by atoms with E-state index in [4.69, 9.17) is 5.11 Å². The van der Waals surface area contributed by atoms with E-state index in [-0.39, 0.29) is 16.5 Å². The molecule has 0 aromatic carbocycles. The Morgan fingerprint density at radius 3 is 2.83 bits per heavy atom. The first-order valence-electron chi connectivity index (χ1n) is 3.80. The number of carboxylic acid groups (broad SMARTS) is 1. The van der Waals surface area contributed by atoms with E-state index in [0.29, 0.717) is 6.42 Å². The molecule has 0 spiro atoms. The van der Waals surface area contributed by atoms with Gasteiger partial charge in [-0.1, -0.05) is 6.92 Å². The third-order valence-corrected chi connectivity index (χ3v) is 3.71. The molecule has 2 aliphatic heterocycles. The zero-order chi connectivity index (χ0) is 8.88. The number of thioether (sulfide) groups is 1. The maximum Gasteiger partial charge on any atom is 0.327 e. The van der Waals surface area contributed by atoms with Crippen molar-refractivity contribution in [1.82, 2.24) is 4.90 Å². The molecule has 66 valence electrons. The van der Waals surface area contributed by atoms with Crippen molar-refractivity contribution in [3.63, 3.8) is 0 Å². The van der Waals surface area contributed by atoms with Crippen molar-refractivity contribution in [3.05, 3.63) is 0 Å². The van der Waals surface area contributed by atoms with Gasteiger partial charge in [-0.3, -0.25) is 4.79 Å². The highest BCUT2D eigenvalue weighted by Crippen LogP contribution is 2.43. The van der Waals surface area contributed by atoms with E-state index in [1.807, 2.05) is 6.92 Å². The fourth-order valence-corrected chi connectivity index (χ4v) is 3.23. The van der Waals surface area contributed by atoms with Gasteiger partial charge in [-0.25, -0.2) is 4.79 Å². The van der Waals surface area contributed by atoms with Gasteiger partial charge in [0.05, 0.1) is 11.8 Å². The van der Waals surface area contributed by atoms with Crippen molar-refractivity contribution in [1.29, 1.82) is 0 Å². The Morgan fingerprint density at radius 2 is 2.42 bits per heavy atom. The first-order valence-corrected chi connectivity index (χ1v) is 4.75. The number of carbonyl (C=O) groups excluding carboxylic acids is 1. The van der Waals surface area contributed by atoms with Crippen LogP contribution >= 0.6 is 11.8 Å². The minimum Gasteiger partial charge on any atom is -0.480 e. The van der Waals surface area contributed by atoms with Crippen molar-refractivity contribution in [3.8, 4) is 0 Å². The molecule has 1 amide bonds. The van der Waals surface area contributed by atoms with Gasteiger partial charge >= 0.3 is 5.97 Å². The van der Waals surface area contributed by atoms with Gasteiger partial charge in [-0.05, 0) is 0 Å². The summed E-state index contributed by atoms with van der Waals surface area (Å²) in [5.74, 6) is -0.908. The molecule has 2 saturated heterocycles. The molecule has 0 aromatic heterocycles. The van der Waals surface area contributed by atoms with Crippen LogP contribution in [0, 0.1) is 0 Å². The van der Waals surface area contributed by atoms with Gasteiger partial charge < -0.3 is 10.0 Å². The van der Waals surface area contributed by atoms with Crippen LogP contribution in [0.1, 0.15) is 13.3 Å². The summed E-state index contributed by atoms with van der Waals surface area (Å²) in [5, 5.41) is 8.98. The van der Waals surface area contributed by atoms with Crippen molar-refractivity contribution >= 4 is 23.6 Å². The topological polar surface area (TPSA) is 57.6 Å². The van der Waals surface area contributed by atoms with E-state index >= 15 is 0 Å². The zero-order valence-electron chi connectivity index (χ0n) is 6.56. The summed E-state index contributed by atoms with van der Waals surface area (Å²) < 4.78 is 0. The SMILES string of the molecule is CC1S[C@@H]2CC(=O)N2C1C(=O)O. The van der Waals surface area contributed by atoms with Crippen molar-refractivity contribution in [2.75, 3.05) is 0 Å². The number of nitrogens with zero attached hydrogens (tertiary/aromatic N) is 1. The largest absolute Gasteiger partial charge is 0.480 e. The van der Waals surface area contributed by atoms with Crippen LogP contribution in [0.3, 0.4) is 0 Å². The molecule has 2 aliphatic rings. The standard InChI is InChI=1S/C7H9NO3S/c1-3-6(7(10)11)8-4(9)2-5(8)12-3/h3,5-6H,2H2,1H3,(H,10,11)/t3?,5-,6?/m1/s1. The maximum absolute atomic E-state index is 11.0. The number of fused-ring (bicyclic) bond motifs is 1. The van der Waals surface area contributed by atoms with Crippen LogP contribution in [0.15, 0.2) is 0 Å². The van der Waals surface area contributed by atoms with Crippen molar-refractivity contribution < 1.29 is 14.7 Å². The van der Waals surface area contributed by atoms with Crippen LogP contribution < -0.4 is 0 Å². The number of amides is 1. The average molecular weight is 187 g/mol. The molecule has 2 rings (SSSR count). The van der Waals surface area contributed by atoms with Crippen molar-refractivity contribution in [2.24, 2.45) is 0 Å². The number of hydrogen-bond donors (Lipinski definition) is 1. The van der Waals surface area contributed by atoms with Gasteiger partial charge in [0.1, 0.15) is 6.04 Å². The Bertz CT molecular complexity index is 255. The molecule has 0 aromatic rings. The molecule has 0 saturated carbocycles. The smallest absolute Gasteiger partial charge is 0.327 e. The first kappa shape index (κ1) is 7.91. The fourth-order valence-electron chi connectivity index (χ4n) is 1.72. The monoisotopic (exact) mass is 187 g/mol. The Hall–Kier alpha value is -0.710. The van der Waals surface area contributed by atoms with Gasteiger partial charge in [0.2, 0.25) is 5.91 Å². The molecule has 2 heterocycles. The molecular weight excluding hydrogens is 178 g/mol. The number of carbonyl (C=O) groups is 2. The molecule has 0 radical (unpaired) electrons. The summed E-state index contributed by atoms with van der Waals surface area (Å²) in [6.45, 7) is 1.86. The minimum absolute atomic E-state index is 0.0238. The van der Waals surface area contributed by atoms with E-state index in [1.165, 1.54) is 4.90 Å². The summed E-state index contributed by atoms with van der Waals surface area (Å²) in [4.78, 5) is 23.2. The Labute approximate surface area is 73.9 Å². The van der Waals surface area contributed by atoms with Crippen LogP contribution in [0.25, 0.3) is 0 Å². The quantitative estimate of drug-likeness (QED) is 0.593. The molecule has 2 unspecified atom stereocenters. The fraction of sp³-hybridized carbons (Fsp3) is 0.714. The van der Waals surface area contributed by atoms with Gasteiger partial charge in [0.15, 0.2) is 0 Å². The maximum atomic E-state index is 11.0. The summed E-state index contributed by atoms with van der Waals surface area (Å²) in [6, 6.07) is -0.596. The molecule has 1 N–H and O–H groups in total. The van der Waals surface area contributed by atoms with E-state index in [2.05, 4.69) is 0 Å². The third kappa shape index (κ3) is 0.857. The lowest BCUT2D eigenvalue weighted by atomic mass is 10.1. The number of β-lactam (4-membered cyclic amide) rings is 1. The average Bonchev–Trinajstić information content (AvgIpc) is 2.22. The molecule has 5 heteroatoms. The van der Waals surface area contributed by atoms with Crippen LogP contribution in [0.5, 0.6) is 0 Å². The predicted molar refractivity (Wildman–Crippen MR) is 43.7 cm³/mol. The molecule has 4 nitrogen and oxygen atoms in total. The lowest BCUT2D eigenvalue weighted by molar-refractivity contribution is -0.156. The summed E-state index contributed by atoms with van der Waals surface area (Å²) in [7, 11) is 0. The van der Waals surface area contributed by atoms with Crippen LogP contribution in [0.4, 0.5) is 0 Å². The highest BCUT2D eigenvalue weighted by atomic mass is 32.2. The second-order valence-electron chi connectivity index (χ2n) is 3.08. The summed E-state index contributed by atoms with van der Waals surface area (Å²) >= 11 is 1.58. The van der Waals surface area contributed by atoms with Crippen LogP contribution in [-0.4, -0.2) is 38.5 Å². The predicted octanol–water partition coefficient (Wildman–Crippen LogP) is 0.133. The molecule has 0 bridgehead atoms. The second kappa shape index (κ2) is 2.39.